The van der Waals surface area contributed by atoms with E-state index in [0.29, 0.717) is 6.42 Å². The van der Waals surface area contributed by atoms with Gasteiger partial charge < -0.3 is 10.2 Å². The summed E-state index contributed by atoms with van der Waals surface area (Å²) in [5, 5.41) is 27.7. The second kappa shape index (κ2) is 4.42. The van der Waals surface area contributed by atoms with Crippen LogP contribution in [-0.2, 0) is 12.8 Å². The van der Waals surface area contributed by atoms with E-state index in [0.717, 1.165) is 36.5 Å². The number of nitrogens with zero attached hydrogens (tertiary/aromatic N) is 3. The van der Waals surface area contributed by atoms with Gasteiger partial charge in [0.1, 0.15) is 23.6 Å². The molecule has 2 N–H and O–H groups in total. The minimum Gasteiger partial charge on any atom is -0.508 e. The molecule has 1 aromatic heterocycles. The minimum absolute atomic E-state index is 0.242. The normalized spacial score (nSPS) is 18.6. The van der Waals surface area contributed by atoms with Crippen molar-refractivity contribution in [2.45, 2.75) is 31.9 Å². The van der Waals surface area contributed by atoms with Crippen LogP contribution >= 0.6 is 0 Å². The number of benzene rings is 1. The summed E-state index contributed by atoms with van der Waals surface area (Å²) in [6.07, 6.45) is 2.61. The third-order valence-electron chi connectivity index (χ3n) is 3.27. The van der Waals surface area contributed by atoms with Crippen LogP contribution in [0.5, 0.6) is 5.75 Å². The van der Waals surface area contributed by atoms with E-state index in [1.54, 1.807) is 18.2 Å². The molecule has 18 heavy (non-hydrogen) atoms. The lowest BCUT2D eigenvalue weighted by Crippen LogP contribution is -2.19. The summed E-state index contributed by atoms with van der Waals surface area (Å²) in [6, 6.07) is 7.07. The maximum absolute atomic E-state index is 10.00. The molecule has 2 aromatic rings. The largest absolute Gasteiger partial charge is 0.508 e. The highest BCUT2D eigenvalue weighted by molar-refractivity contribution is 5.29. The topological polar surface area (TPSA) is 71.2 Å². The molecule has 0 amide bonds. The van der Waals surface area contributed by atoms with Crippen molar-refractivity contribution in [3.63, 3.8) is 0 Å². The Morgan fingerprint density at radius 2 is 2.22 bits per heavy atom. The van der Waals surface area contributed by atoms with Gasteiger partial charge in [-0.05, 0) is 30.5 Å². The van der Waals surface area contributed by atoms with E-state index < -0.39 is 6.23 Å². The van der Waals surface area contributed by atoms with E-state index in [2.05, 4.69) is 10.2 Å². The number of aromatic hydroxyl groups is 1. The molecular weight excluding hydrogens is 230 g/mol. The fraction of sp³-hybridized carbons (Fsp3) is 0.385. The summed E-state index contributed by atoms with van der Waals surface area (Å²) in [5.41, 5.74) is 0.961. The van der Waals surface area contributed by atoms with Gasteiger partial charge in [0.15, 0.2) is 0 Å². The summed E-state index contributed by atoms with van der Waals surface area (Å²) in [4.78, 5) is 0. The maximum atomic E-state index is 10.00. The quantitative estimate of drug-likeness (QED) is 0.839. The smallest absolute Gasteiger partial charge is 0.139 e. The first-order valence-electron chi connectivity index (χ1n) is 6.12. The van der Waals surface area contributed by atoms with Gasteiger partial charge in [0.05, 0.1) is 0 Å². The van der Waals surface area contributed by atoms with E-state index >= 15 is 0 Å². The molecule has 3 rings (SSSR count). The van der Waals surface area contributed by atoms with Crippen LogP contribution in [0.1, 0.15) is 36.3 Å². The summed E-state index contributed by atoms with van der Waals surface area (Å²) in [7, 11) is 0. The highest BCUT2D eigenvalue weighted by Gasteiger charge is 2.22. The van der Waals surface area contributed by atoms with Gasteiger partial charge in [-0.25, -0.2) is 0 Å². The van der Waals surface area contributed by atoms with Crippen LogP contribution in [0.15, 0.2) is 24.3 Å². The number of aryl methyl sites for hydroxylation is 1. The molecule has 0 saturated carbocycles. The molecule has 0 bridgehead atoms. The van der Waals surface area contributed by atoms with Gasteiger partial charge in [-0.15, -0.1) is 10.2 Å². The van der Waals surface area contributed by atoms with Crippen LogP contribution in [0, 0.1) is 0 Å². The highest BCUT2D eigenvalue weighted by Crippen LogP contribution is 2.24. The molecule has 0 aliphatic carbocycles. The molecule has 1 aliphatic rings. The van der Waals surface area contributed by atoms with Crippen molar-refractivity contribution in [3.05, 3.63) is 41.5 Å². The highest BCUT2D eigenvalue weighted by atomic mass is 16.3. The van der Waals surface area contributed by atoms with Crippen LogP contribution in [-0.4, -0.2) is 25.0 Å². The number of hydrogen-bond acceptors (Lipinski definition) is 4. The van der Waals surface area contributed by atoms with E-state index in [4.69, 9.17) is 0 Å². The van der Waals surface area contributed by atoms with Crippen molar-refractivity contribution in [2.75, 3.05) is 0 Å². The van der Waals surface area contributed by atoms with Gasteiger partial charge in [-0.2, -0.15) is 0 Å². The zero-order valence-electron chi connectivity index (χ0n) is 9.95. The van der Waals surface area contributed by atoms with Gasteiger partial charge >= 0.3 is 0 Å². The molecule has 0 spiro atoms. The molecule has 0 fully saturated rings. The predicted molar refractivity (Wildman–Crippen MR) is 65.1 cm³/mol. The average Bonchev–Trinajstić information content (AvgIpc) is 2.74. The second-order valence-electron chi connectivity index (χ2n) is 4.62. The van der Waals surface area contributed by atoms with Gasteiger partial charge in [0, 0.05) is 12.8 Å². The third kappa shape index (κ3) is 1.97. The fourth-order valence-corrected chi connectivity index (χ4v) is 2.42. The molecule has 5 heteroatoms. The Balaban J connectivity index is 1.92. The molecule has 94 valence electrons. The van der Waals surface area contributed by atoms with Crippen molar-refractivity contribution >= 4 is 0 Å². The van der Waals surface area contributed by atoms with Gasteiger partial charge in [-0.3, -0.25) is 4.57 Å². The minimum atomic E-state index is -0.518. The molecule has 2 heterocycles. The maximum Gasteiger partial charge on any atom is 0.139 e. The SMILES string of the molecule is Oc1cccc(Cc2nnc3n2C(O)CCC3)c1. The molecule has 1 aliphatic heterocycles. The van der Waals surface area contributed by atoms with E-state index in [1.807, 2.05) is 10.6 Å². The Morgan fingerprint density at radius 3 is 3.06 bits per heavy atom. The van der Waals surface area contributed by atoms with Gasteiger partial charge in [-0.1, -0.05) is 12.1 Å². The number of fused-ring (bicyclic) bond motifs is 1. The zero-order valence-corrected chi connectivity index (χ0v) is 9.95. The summed E-state index contributed by atoms with van der Waals surface area (Å²) < 4.78 is 1.81. The van der Waals surface area contributed by atoms with Crippen LogP contribution in [0.4, 0.5) is 0 Å². The number of phenolic OH excluding ortho intramolecular Hbond substituents is 1. The van der Waals surface area contributed by atoms with Crippen LogP contribution in [0.25, 0.3) is 0 Å². The van der Waals surface area contributed by atoms with Gasteiger partial charge in [0.2, 0.25) is 0 Å². The first-order valence-corrected chi connectivity index (χ1v) is 6.12. The Morgan fingerprint density at radius 1 is 1.33 bits per heavy atom. The van der Waals surface area contributed by atoms with Crippen LogP contribution in [0.2, 0.25) is 0 Å². The molecular formula is C13H15N3O2. The molecule has 1 aromatic carbocycles. The van der Waals surface area contributed by atoms with Gasteiger partial charge in [0.25, 0.3) is 0 Å². The molecule has 1 unspecified atom stereocenters. The number of hydrogen-bond donors (Lipinski definition) is 2. The van der Waals surface area contributed by atoms with Crippen molar-refractivity contribution in [2.24, 2.45) is 0 Å². The molecule has 1 atom stereocenters. The van der Waals surface area contributed by atoms with Crippen molar-refractivity contribution in [3.8, 4) is 5.75 Å². The summed E-state index contributed by atoms with van der Waals surface area (Å²) >= 11 is 0. The zero-order chi connectivity index (χ0) is 12.5. The lowest BCUT2D eigenvalue weighted by atomic mass is 10.1. The van der Waals surface area contributed by atoms with E-state index in [-0.39, 0.29) is 5.75 Å². The first kappa shape index (κ1) is 11.2. The van der Waals surface area contributed by atoms with Crippen LogP contribution < -0.4 is 0 Å². The Kier molecular flexibility index (Phi) is 2.76. The summed E-state index contributed by atoms with van der Waals surface area (Å²) in [5.74, 6) is 1.85. The number of aromatic nitrogens is 3. The third-order valence-corrected chi connectivity index (χ3v) is 3.27. The Hall–Kier alpha value is -1.88. The fourth-order valence-electron chi connectivity index (χ4n) is 2.42. The van der Waals surface area contributed by atoms with Crippen LogP contribution in [0.3, 0.4) is 0 Å². The Labute approximate surface area is 105 Å². The van der Waals surface area contributed by atoms with Crippen molar-refractivity contribution in [1.82, 2.24) is 14.8 Å². The first-order chi connectivity index (χ1) is 8.74. The number of aliphatic hydroxyl groups is 1. The Bertz CT molecular complexity index is 565. The molecule has 5 nitrogen and oxygen atoms in total. The summed E-state index contributed by atoms with van der Waals surface area (Å²) in [6.45, 7) is 0. The monoisotopic (exact) mass is 245 g/mol. The number of aliphatic hydroxyl groups excluding tert-OH is 1. The predicted octanol–water partition coefficient (Wildman–Crippen LogP) is 1.40. The van der Waals surface area contributed by atoms with E-state index in [9.17, 15) is 10.2 Å². The standard InChI is InChI=1S/C13H15N3O2/c17-10-4-1-3-9(7-10)8-12-15-14-11-5-2-6-13(18)16(11)12/h1,3-4,7,13,17-18H,2,5-6,8H2. The lowest BCUT2D eigenvalue weighted by molar-refractivity contribution is 0.0753. The number of phenols is 1. The molecule has 0 saturated heterocycles. The average molecular weight is 245 g/mol. The number of rotatable bonds is 2. The van der Waals surface area contributed by atoms with Crippen molar-refractivity contribution in [1.29, 1.82) is 0 Å². The molecule has 0 radical (unpaired) electrons. The second-order valence-corrected chi connectivity index (χ2v) is 4.62. The van der Waals surface area contributed by atoms with E-state index in [1.165, 1.54) is 0 Å². The lowest BCUT2D eigenvalue weighted by Gasteiger charge is -2.21. The van der Waals surface area contributed by atoms with Crippen molar-refractivity contribution < 1.29 is 10.2 Å².